The Hall–Kier alpha value is -0.490. The quantitative estimate of drug-likeness (QED) is 0.640. The molecule has 1 unspecified atom stereocenters. The fourth-order valence-corrected chi connectivity index (χ4v) is 1.77. The molecule has 1 rings (SSSR count). The molecule has 1 atom stereocenters. The van der Waals surface area contributed by atoms with Gasteiger partial charge in [0.1, 0.15) is 5.82 Å². The summed E-state index contributed by atoms with van der Waals surface area (Å²) >= 11 is 3.35. The van der Waals surface area contributed by atoms with E-state index >= 15 is 0 Å². The van der Waals surface area contributed by atoms with Crippen molar-refractivity contribution in [1.82, 2.24) is 5.43 Å². The standard InChI is InChI=1S/C10H14BrFN2O/c1-2-15-6-10(14-13)8-5-7(12)3-4-9(8)11/h3-5,10,14H,2,6,13H2,1H3. The third-order valence-corrected chi connectivity index (χ3v) is 2.75. The molecule has 0 aliphatic rings. The monoisotopic (exact) mass is 276 g/mol. The Labute approximate surface area is 96.9 Å². The molecular weight excluding hydrogens is 263 g/mol. The highest BCUT2D eigenvalue weighted by molar-refractivity contribution is 9.10. The molecule has 15 heavy (non-hydrogen) atoms. The minimum Gasteiger partial charge on any atom is -0.380 e. The molecule has 0 saturated heterocycles. The minimum atomic E-state index is -0.287. The summed E-state index contributed by atoms with van der Waals surface area (Å²) in [5.74, 6) is 5.10. The van der Waals surface area contributed by atoms with Gasteiger partial charge in [0.15, 0.2) is 0 Å². The van der Waals surface area contributed by atoms with E-state index in [1.54, 1.807) is 6.07 Å². The normalized spacial score (nSPS) is 12.8. The first-order valence-corrected chi connectivity index (χ1v) is 5.47. The van der Waals surface area contributed by atoms with E-state index in [4.69, 9.17) is 10.6 Å². The van der Waals surface area contributed by atoms with Crippen molar-refractivity contribution in [3.8, 4) is 0 Å². The Bertz CT molecular complexity index is 322. The molecule has 1 aromatic carbocycles. The van der Waals surface area contributed by atoms with Crippen molar-refractivity contribution in [3.63, 3.8) is 0 Å². The van der Waals surface area contributed by atoms with E-state index in [-0.39, 0.29) is 11.9 Å². The van der Waals surface area contributed by atoms with Crippen molar-refractivity contribution in [1.29, 1.82) is 0 Å². The van der Waals surface area contributed by atoms with Crippen LogP contribution in [0.3, 0.4) is 0 Å². The van der Waals surface area contributed by atoms with Gasteiger partial charge in [0.2, 0.25) is 0 Å². The molecule has 5 heteroatoms. The zero-order chi connectivity index (χ0) is 11.3. The molecule has 0 aromatic heterocycles. The Morgan fingerprint density at radius 2 is 2.33 bits per heavy atom. The van der Waals surface area contributed by atoms with Gasteiger partial charge in [-0.1, -0.05) is 15.9 Å². The lowest BCUT2D eigenvalue weighted by atomic mass is 10.1. The van der Waals surface area contributed by atoms with E-state index in [9.17, 15) is 4.39 Å². The number of nitrogens with one attached hydrogen (secondary N) is 1. The first-order chi connectivity index (χ1) is 7.19. The molecule has 0 radical (unpaired) electrons. The SMILES string of the molecule is CCOCC(NN)c1cc(F)ccc1Br. The molecular formula is C10H14BrFN2O. The molecule has 3 nitrogen and oxygen atoms in total. The molecule has 84 valence electrons. The van der Waals surface area contributed by atoms with Crippen molar-refractivity contribution in [2.45, 2.75) is 13.0 Å². The van der Waals surface area contributed by atoms with Crippen LogP contribution in [-0.2, 0) is 4.74 Å². The topological polar surface area (TPSA) is 47.3 Å². The van der Waals surface area contributed by atoms with Crippen LogP contribution in [0.4, 0.5) is 4.39 Å². The molecule has 0 spiro atoms. The van der Waals surface area contributed by atoms with Crippen LogP contribution in [0.5, 0.6) is 0 Å². The highest BCUT2D eigenvalue weighted by atomic mass is 79.9. The van der Waals surface area contributed by atoms with Crippen molar-refractivity contribution in [2.24, 2.45) is 5.84 Å². The molecule has 0 bridgehead atoms. The van der Waals surface area contributed by atoms with Gasteiger partial charge < -0.3 is 4.74 Å². The van der Waals surface area contributed by atoms with E-state index in [0.717, 1.165) is 10.0 Å². The van der Waals surface area contributed by atoms with Gasteiger partial charge in [-0.15, -0.1) is 0 Å². The van der Waals surface area contributed by atoms with Gasteiger partial charge in [0.05, 0.1) is 12.6 Å². The lowest BCUT2D eigenvalue weighted by Gasteiger charge is -2.17. The number of hydrogen-bond acceptors (Lipinski definition) is 3. The largest absolute Gasteiger partial charge is 0.380 e. The number of ether oxygens (including phenoxy) is 1. The molecule has 0 heterocycles. The van der Waals surface area contributed by atoms with Crippen LogP contribution in [0.1, 0.15) is 18.5 Å². The van der Waals surface area contributed by atoms with E-state index < -0.39 is 0 Å². The first-order valence-electron chi connectivity index (χ1n) is 4.67. The summed E-state index contributed by atoms with van der Waals surface area (Å²) in [5, 5.41) is 0. The smallest absolute Gasteiger partial charge is 0.123 e. The maximum absolute atomic E-state index is 13.0. The summed E-state index contributed by atoms with van der Waals surface area (Å²) in [6, 6.07) is 4.27. The Morgan fingerprint density at radius 1 is 1.60 bits per heavy atom. The predicted octanol–water partition coefficient (Wildman–Crippen LogP) is 2.13. The van der Waals surface area contributed by atoms with Crippen LogP contribution in [0.2, 0.25) is 0 Å². The lowest BCUT2D eigenvalue weighted by molar-refractivity contribution is 0.123. The summed E-state index contributed by atoms with van der Waals surface area (Å²) in [6.07, 6.45) is 0. The second-order valence-electron chi connectivity index (χ2n) is 3.04. The first kappa shape index (κ1) is 12.6. The summed E-state index contributed by atoms with van der Waals surface area (Å²) in [7, 11) is 0. The molecule has 3 N–H and O–H groups in total. The number of rotatable bonds is 5. The molecule has 1 aromatic rings. The van der Waals surface area contributed by atoms with Gasteiger partial charge >= 0.3 is 0 Å². The van der Waals surface area contributed by atoms with Crippen LogP contribution in [0, 0.1) is 5.82 Å². The summed E-state index contributed by atoms with van der Waals surface area (Å²) in [5.41, 5.74) is 3.36. The highest BCUT2D eigenvalue weighted by Crippen LogP contribution is 2.24. The van der Waals surface area contributed by atoms with E-state index in [0.29, 0.717) is 13.2 Å². The van der Waals surface area contributed by atoms with Gasteiger partial charge in [-0.05, 0) is 30.7 Å². The second kappa shape index (κ2) is 6.17. The average Bonchev–Trinajstić information content (AvgIpc) is 2.24. The van der Waals surface area contributed by atoms with E-state index in [1.165, 1.54) is 12.1 Å². The fourth-order valence-electron chi connectivity index (χ4n) is 1.25. The Kier molecular flexibility index (Phi) is 5.17. The Balaban J connectivity index is 2.85. The predicted molar refractivity (Wildman–Crippen MR) is 60.7 cm³/mol. The van der Waals surface area contributed by atoms with Crippen molar-refractivity contribution >= 4 is 15.9 Å². The van der Waals surface area contributed by atoms with Crippen LogP contribution in [0.25, 0.3) is 0 Å². The molecule has 0 fully saturated rings. The Morgan fingerprint density at radius 3 is 2.93 bits per heavy atom. The molecule has 0 amide bonds. The number of hydrogen-bond donors (Lipinski definition) is 2. The van der Waals surface area contributed by atoms with Crippen LogP contribution in [-0.4, -0.2) is 13.2 Å². The van der Waals surface area contributed by atoms with Crippen molar-refractivity contribution in [2.75, 3.05) is 13.2 Å². The number of benzene rings is 1. The number of halogens is 2. The van der Waals surface area contributed by atoms with Gasteiger partial charge in [-0.25, -0.2) is 4.39 Å². The third-order valence-electron chi connectivity index (χ3n) is 2.02. The summed E-state index contributed by atoms with van der Waals surface area (Å²) in [4.78, 5) is 0. The van der Waals surface area contributed by atoms with Crippen LogP contribution >= 0.6 is 15.9 Å². The molecule has 0 saturated carbocycles. The van der Waals surface area contributed by atoms with Crippen LogP contribution < -0.4 is 11.3 Å². The van der Waals surface area contributed by atoms with E-state index in [1.807, 2.05) is 6.92 Å². The van der Waals surface area contributed by atoms with Gasteiger partial charge in [0.25, 0.3) is 0 Å². The van der Waals surface area contributed by atoms with E-state index in [2.05, 4.69) is 21.4 Å². The summed E-state index contributed by atoms with van der Waals surface area (Å²) in [6.45, 7) is 2.91. The zero-order valence-electron chi connectivity index (χ0n) is 8.47. The maximum atomic E-state index is 13.0. The maximum Gasteiger partial charge on any atom is 0.123 e. The number of hydrazine groups is 1. The number of nitrogens with two attached hydrogens (primary N) is 1. The highest BCUT2D eigenvalue weighted by Gasteiger charge is 2.13. The average molecular weight is 277 g/mol. The fraction of sp³-hybridized carbons (Fsp3) is 0.400. The van der Waals surface area contributed by atoms with Crippen molar-refractivity contribution < 1.29 is 9.13 Å². The second-order valence-corrected chi connectivity index (χ2v) is 3.90. The molecule has 0 aliphatic carbocycles. The third kappa shape index (κ3) is 3.53. The van der Waals surface area contributed by atoms with Gasteiger partial charge in [-0.2, -0.15) is 0 Å². The van der Waals surface area contributed by atoms with Crippen LogP contribution in [0.15, 0.2) is 22.7 Å². The molecule has 0 aliphatic heterocycles. The van der Waals surface area contributed by atoms with Gasteiger partial charge in [-0.3, -0.25) is 11.3 Å². The minimum absolute atomic E-state index is 0.213. The van der Waals surface area contributed by atoms with Gasteiger partial charge in [0, 0.05) is 11.1 Å². The summed E-state index contributed by atoms with van der Waals surface area (Å²) < 4.78 is 19.1. The zero-order valence-corrected chi connectivity index (χ0v) is 10.1. The van der Waals surface area contributed by atoms with Crippen molar-refractivity contribution in [3.05, 3.63) is 34.1 Å². The lowest BCUT2D eigenvalue weighted by Crippen LogP contribution is -2.31.